The molecule has 1 unspecified atom stereocenters. The molecule has 1 atom stereocenters. The van der Waals surface area contributed by atoms with Crippen LogP contribution in [-0.2, 0) is 13.1 Å². The Bertz CT molecular complexity index is 611. The van der Waals surface area contributed by atoms with Crippen LogP contribution < -0.4 is 19.5 Å². The van der Waals surface area contributed by atoms with Gasteiger partial charge in [-0.1, -0.05) is 6.92 Å². The van der Waals surface area contributed by atoms with Crippen molar-refractivity contribution < 1.29 is 14.2 Å². The highest BCUT2D eigenvalue weighted by Gasteiger charge is 2.18. The van der Waals surface area contributed by atoms with E-state index in [1.54, 1.807) is 7.11 Å². The molecule has 3 rings (SSSR count). The molecule has 2 heterocycles. The zero-order valence-electron chi connectivity index (χ0n) is 13.6. The zero-order valence-corrected chi connectivity index (χ0v) is 13.6. The highest BCUT2D eigenvalue weighted by Crippen LogP contribution is 2.40. The summed E-state index contributed by atoms with van der Waals surface area (Å²) in [6, 6.07) is 4.02. The van der Waals surface area contributed by atoms with Gasteiger partial charge in [-0.2, -0.15) is 0 Å². The number of hydrogen-bond acceptors (Lipinski definition) is 5. The van der Waals surface area contributed by atoms with Crippen molar-refractivity contribution in [2.75, 3.05) is 26.9 Å². The highest BCUT2D eigenvalue weighted by atomic mass is 16.6. The minimum atomic E-state index is 0.517. The van der Waals surface area contributed by atoms with Crippen molar-refractivity contribution in [3.05, 3.63) is 36.4 Å². The summed E-state index contributed by atoms with van der Waals surface area (Å²) < 4.78 is 18.8. The van der Waals surface area contributed by atoms with E-state index in [1.807, 2.05) is 30.9 Å². The first kappa shape index (κ1) is 15.7. The van der Waals surface area contributed by atoms with Crippen molar-refractivity contribution >= 4 is 0 Å². The van der Waals surface area contributed by atoms with E-state index in [2.05, 4.69) is 21.8 Å². The summed E-state index contributed by atoms with van der Waals surface area (Å²) in [5, 5.41) is 3.49. The number of nitrogens with one attached hydrogen (secondary N) is 1. The molecule has 0 spiro atoms. The largest absolute Gasteiger partial charge is 0.493 e. The molecule has 1 N–H and O–H groups in total. The fourth-order valence-corrected chi connectivity index (χ4v) is 2.71. The SMILES string of the molecule is COc1cc(CNCC(C)Cn2ccnc2)cc2c1OCCO2. The summed E-state index contributed by atoms with van der Waals surface area (Å²) in [7, 11) is 1.65. The van der Waals surface area contributed by atoms with Gasteiger partial charge in [-0.25, -0.2) is 4.98 Å². The Morgan fingerprint density at radius 3 is 3.00 bits per heavy atom. The van der Waals surface area contributed by atoms with Gasteiger partial charge in [0, 0.05) is 25.5 Å². The van der Waals surface area contributed by atoms with Crippen LogP contribution in [0.1, 0.15) is 12.5 Å². The number of ether oxygens (including phenoxy) is 3. The molecule has 0 aliphatic carbocycles. The fraction of sp³-hybridized carbons (Fsp3) is 0.471. The molecule has 1 aromatic heterocycles. The van der Waals surface area contributed by atoms with Crippen molar-refractivity contribution in [1.29, 1.82) is 0 Å². The lowest BCUT2D eigenvalue weighted by Gasteiger charge is -2.21. The Kier molecular flexibility index (Phi) is 5.02. The molecule has 0 saturated heterocycles. The van der Waals surface area contributed by atoms with Crippen LogP contribution in [0.25, 0.3) is 0 Å². The number of aromatic nitrogens is 2. The maximum atomic E-state index is 5.66. The number of hydrogen-bond donors (Lipinski definition) is 1. The quantitative estimate of drug-likeness (QED) is 0.847. The minimum absolute atomic E-state index is 0.517. The summed E-state index contributed by atoms with van der Waals surface area (Å²) in [6.07, 6.45) is 5.64. The second kappa shape index (κ2) is 7.37. The van der Waals surface area contributed by atoms with E-state index in [9.17, 15) is 0 Å². The van der Waals surface area contributed by atoms with Crippen molar-refractivity contribution in [3.63, 3.8) is 0 Å². The van der Waals surface area contributed by atoms with Gasteiger partial charge < -0.3 is 24.1 Å². The Hall–Kier alpha value is -2.21. The predicted octanol–water partition coefficient (Wildman–Crippen LogP) is 2.09. The monoisotopic (exact) mass is 317 g/mol. The standard InChI is InChI=1S/C17H23N3O3/c1-13(11-20-4-3-18-12-20)9-19-10-14-7-15(21-2)17-16(8-14)22-5-6-23-17/h3-4,7-8,12-13,19H,5-6,9-11H2,1-2H3. The van der Waals surface area contributed by atoms with Gasteiger partial charge in [-0.3, -0.25) is 0 Å². The van der Waals surface area contributed by atoms with Gasteiger partial charge in [0.1, 0.15) is 13.2 Å². The second-order valence-electron chi connectivity index (χ2n) is 5.82. The Morgan fingerprint density at radius 1 is 1.35 bits per heavy atom. The summed E-state index contributed by atoms with van der Waals surface area (Å²) >= 11 is 0. The summed E-state index contributed by atoms with van der Waals surface area (Å²) in [6.45, 7) is 6.01. The molecule has 0 bridgehead atoms. The number of imidazole rings is 1. The molecule has 1 aliphatic heterocycles. The van der Waals surface area contributed by atoms with Crippen molar-refractivity contribution in [2.45, 2.75) is 20.0 Å². The van der Waals surface area contributed by atoms with Crippen molar-refractivity contribution in [1.82, 2.24) is 14.9 Å². The molecular formula is C17H23N3O3. The lowest BCUT2D eigenvalue weighted by Crippen LogP contribution is -2.24. The van der Waals surface area contributed by atoms with Gasteiger partial charge in [-0.05, 0) is 30.2 Å². The lowest BCUT2D eigenvalue weighted by atomic mass is 10.1. The number of methoxy groups -OCH3 is 1. The molecule has 23 heavy (non-hydrogen) atoms. The molecule has 0 amide bonds. The van der Waals surface area contributed by atoms with Gasteiger partial charge in [0.05, 0.1) is 13.4 Å². The molecule has 0 radical (unpaired) electrons. The Labute approximate surface area is 136 Å². The third-order valence-electron chi connectivity index (χ3n) is 3.79. The topological polar surface area (TPSA) is 57.5 Å². The lowest BCUT2D eigenvalue weighted by molar-refractivity contribution is 0.165. The van der Waals surface area contributed by atoms with Crippen LogP contribution in [0.5, 0.6) is 17.2 Å². The maximum absolute atomic E-state index is 5.66. The van der Waals surface area contributed by atoms with Gasteiger partial charge in [-0.15, -0.1) is 0 Å². The molecule has 2 aromatic rings. The first-order valence-corrected chi connectivity index (χ1v) is 7.89. The van der Waals surface area contributed by atoms with E-state index in [0.717, 1.165) is 36.7 Å². The normalized spacial score (nSPS) is 14.5. The van der Waals surface area contributed by atoms with Crippen LogP contribution >= 0.6 is 0 Å². The van der Waals surface area contributed by atoms with Gasteiger partial charge in [0.25, 0.3) is 0 Å². The fourth-order valence-electron chi connectivity index (χ4n) is 2.71. The summed E-state index contributed by atoms with van der Waals surface area (Å²) in [5.41, 5.74) is 1.13. The molecular weight excluding hydrogens is 294 g/mol. The zero-order chi connectivity index (χ0) is 16.1. The van der Waals surface area contributed by atoms with Crippen LogP contribution in [0, 0.1) is 5.92 Å². The van der Waals surface area contributed by atoms with Crippen LogP contribution in [0.2, 0.25) is 0 Å². The highest BCUT2D eigenvalue weighted by molar-refractivity contribution is 5.54. The number of benzene rings is 1. The van der Waals surface area contributed by atoms with E-state index in [4.69, 9.17) is 14.2 Å². The molecule has 124 valence electrons. The molecule has 0 saturated carbocycles. The summed E-state index contributed by atoms with van der Waals surface area (Å²) in [4.78, 5) is 4.07. The van der Waals surface area contributed by atoms with Crippen LogP contribution in [0.3, 0.4) is 0 Å². The van der Waals surface area contributed by atoms with Gasteiger partial charge in [0.2, 0.25) is 5.75 Å². The Morgan fingerprint density at radius 2 is 2.22 bits per heavy atom. The van der Waals surface area contributed by atoms with Gasteiger partial charge >= 0.3 is 0 Å². The molecule has 1 aromatic carbocycles. The second-order valence-corrected chi connectivity index (χ2v) is 5.82. The first-order chi connectivity index (χ1) is 11.3. The van der Waals surface area contributed by atoms with Crippen molar-refractivity contribution in [2.24, 2.45) is 5.92 Å². The van der Waals surface area contributed by atoms with Gasteiger partial charge in [0.15, 0.2) is 11.5 Å². The smallest absolute Gasteiger partial charge is 0.203 e. The molecule has 6 nitrogen and oxygen atoms in total. The molecule has 1 aliphatic rings. The summed E-state index contributed by atoms with van der Waals surface area (Å²) in [5.74, 6) is 2.71. The van der Waals surface area contributed by atoms with Crippen LogP contribution in [0.4, 0.5) is 0 Å². The average molecular weight is 317 g/mol. The third-order valence-corrected chi connectivity index (χ3v) is 3.79. The predicted molar refractivity (Wildman–Crippen MR) is 87.1 cm³/mol. The number of rotatable bonds is 7. The maximum Gasteiger partial charge on any atom is 0.203 e. The molecule has 0 fully saturated rings. The van der Waals surface area contributed by atoms with Crippen LogP contribution in [0.15, 0.2) is 30.9 Å². The number of nitrogens with zero attached hydrogens (tertiary/aromatic N) is 2. The van der Waals surface area contributed by atoms with E-state index in [0.29, 0.717) is 24.9 Å². The van der Waals surface area contributed by atoms with Crippen LogP contribution in [-0.4, -0.2) is 36.4 Å². The van der Waals surface area contributed by atoms with E-state index >= 15 is 0 Å². The average Bonchev–Trinajstić information content (AvgIpc) is 3.07. The Balaban J connectivity index is 1.55. The first-order valence-electron chi connectivity index (χ1n) is 7.89. The third kappa shape index (κ3) is 3.96. The molecule has 6 heteroatoms. The van der Waals surface area contributed by atoms with E-state index in [-0.39, 0.29) is 0 Å². The number of fused-ring (bicyclic) bond motifs is 1. The van der Waals surface area contributed by atoms with E-state index in [1.165, 1.54) is 0 Å². The van der Waals surface area contributed by atoms with Crippen molar-refractivity contribution in [3.8, 4) is 17.2 Å². The minimum Gasteiger partial charge on any atom is -0.493 e. The van der Waals surface area contributed by atoms with E-state index < -0.39 is 0 Å².